The molecule has 1 fully saturated rings. The summed E-state index contributed by atoms with van der Waals surface area (Å²) >= 11 is 0. The molecule has 0 atom stereocenters. The van der Waals surface area contributed by atoms with Crippen LogP contribution in [-0.2, 0) is 9.47 Å². The topological polar surface area (TPSA) is 90.4 Å². The van der Waals surface area contributed by atoms with Gasteiger partial charge in [0.1, 0.15) is 22.6 Å². The van der Waals surface area contributed by atoms with E-state index in [1.807, 2.05) is 20.8 Å². The molecular weight excluding hydrogens is 402 g/mol. The molecule has 2 aromatic rings. The number of fused-ring (bicyclic) bond motifs is 1. The third-order valence-electron chi connectivity index (χ3n) is 4.97. The molecule has 1 aliphatic rings. The van der Waals surface area contributed by atoms with Crippen LogP contribution in [0.1, 0.15) is 31.3 Å². The normalized spacial score (nSPS) is 14.4. The molecule has 31 heavy (non-hydrogen) atoms. The summed E-state index contributed by atoms with van der Waals surface area (Å²) in [5, 5.41) is 0.736. The highest BCUT2D eigenvalue weighted by Gasteiger charge is 2.28. The first-order valence-electron chi connectivity index (χ1n) is 10.1. The molecule has 1 aliphatic heterocycles. The third kappa shape index (κ3) is 4.76. The number of rotatable bonds is 4. The van der Waals surface area contributed by atoms with Gasteiger partial charge in [-0.15, -0.1) is 0 Å². The van der Waals surface area contributed by atoms with Crippen molar-refractivity contribution in [2.24, 2.45) is 0 Å². The Bertz CT molecular complexity index is 977. The molecule has 3 rings (SSSR count). The lowest BCUT2D eigenvalue weighted by molar-refractivity contribution is 0.0240. The van der Waals surface area contributed by atoms with Crippen LogP contribution in [-0.4, -0.2) is 75.1 Å². The Hall–Kier alpha value is -3.23. The zero-order valence-electron chi connectivity index (χ0n) is 18.9. The zero-order chi connectivity index (χ0) is 22.8. The van der Waals surface area contributed by atoms with E-state index in [1.54, 1.807) is 37.3 Å². The number of hydrogen-bond acceptors (Lipinski definition) is 8. The van der Waals surface area contributed by atoms with Crippen LogP contribution >= 0.6 is 0 Å². The van der Waals surface area contributed by atoms with Crippen LogP contribution in [0.5, 0.6) is 11.5 Å². The number of amides is 1. The van der Waals surface area contributed by atoms with E-state index >= 15 is 0 Å². The molecule has 2 heterocycles. The number of nitrogens with zero attached hydrogens (tertiary/aromatic N) is 3. The second-order valence-electron chi connectivity index (χ2n) is 8.17. The Kier molecular flexibility index (Phi) is 6.42. The van der Waals surface area contributed by atoms with Crippen LogP contribution in [0.25, 0.3) is 10.9 Å². The smallest absolute Gasteiger partial charge is 0.410 e. The lowest BCUT2D eigenvalue weighted by atomic mass is 10.1. The van der Waals surface area contributed by atoms with Gasteiger partial charge < -0.3 is 28.7 Å². The summed E-state index contributed by atoms with van der Waals surface area (Å²) in [5.41, 5.74) is 0.903. The highest BCUT2D eigenvalue weighted by Crippen LogP contribution is 2.39. The quantitative estimate of drug-likeness (QED) is 0.682. The van der Waals surface area contributed by atoms with Gasteiger partial charge in [0.05, 0.1) is 32.4 Å². The second kappa shape index (κ2) is 8.87. The van der Waals surface area contributed by atoms with Gasteiger partial charge >= 0.3 is 12.1 Å². The van der Waals surface area contributed by atoms with Crippen LogP contribution < -0.4 is 14.4 Å². The van der Waals surface area contributed by atoms with Gasteiger partial charge in [-0.25, -0.2) is 14.6 Å². The average molecular weight is 431 g/mol. The largest absolute Gasteiger partial charge is 0.496 e. The Morgan fingerprint density at radius 2 is 1.58 bits per heavy atom. The maximum Gasteiger partial charge on any atom is 0.410 e. The molecule has 0 unspecified atom stereocenters. The van der Waals surface area contributed by atoms with Gasteiger partial charge in [0, 0.05) is 26.2 Å². The van der Waals surface area contributed by atoms with E-state index in [0.29, 0.717) is 43.2 Å². The van der Waals surface area contributed by atoms with E-state index in [4.69, 9.17) is 18.9 Å². The number of piperazine rings is 1. The van der Waals surface area contributed by atoms with E-state index < -0.39 is 11.6 Å². The van der Waals surface area contributed by atoms with Crippen molar-refractivity contribution in [3.63, 3.8) is 0 Å². The second-order valence-corrected chi connectivity index (χ2v) is 8.17. The number of methoxy groups -OCH3 is 3. The first-order valence-corrected chi connectivity index (χ1v) is 10.1. The Morgan fingerprint density at radius 1 is 0.968 bits per heavy atom. The predicted molar refractivity (Wildman–Crippen MR) is 116 cm³/mol. The molecule has 0 saturated carbocycles. The van der Waals surface area contributed by atoms with Gasteiger partial charge in [-0.2, -0.15) is 0 Å². The van der Waals surface area contributed by atoms with Crippen molar-refractivity contribution >= 4 is 28.7 Å². The lowest BCUT2D eigenvalue weighted by Gasteiger charge is -2.37. The van der Waals surface area contributed by atoms with Crippen molar-refractivity contribution in [2.75, 3.05) is 52.4 Å². The molecule has 1 saturated heterocycles. The summed E-state index contributed by atoms with van der Waals surface area (Å²) in [4.78, 5) is 32.9. The van der Waals surface area contributed by atoms with E-state index in [2.05, 4.69) is 9.88 Å². The van der Waals surface area contributed by atoms with Crippen LogP contribution in [0, 0.1) is 0 Å². The van der Waals surface area contributed by atoms with Crippen molar-refractivity contribution < 1.29 is 28.5 Å². The molecule has 0 bridgehead atoms. The minimum atomic E-state index is -0.547. The van der Waals surface area contributed by atoms with Gasteiger partial charge in [-0.3, -0.25) is 0 Å². The van der Waals surface area contributed by atoms with E-state index in [-0.39, 0.29) is 11.8 Å². The molecule has 0 aliphatic carbocycles. The Morgan fingerprint density at radius 3 is 2.13 bits per heavy atom. The summed E-state index contributed by atoms with van der Waals surface area (Å²) in [6, 6.07) is 5.25. The molecular formula is C22H29N3O6. The summed E-state index contributed by atoms with van der Waals surface area (Å²) in [6.45, 7) is 7.62. The van der Waals surface area contributed by atoms with Gasteiger partial charge in [0.2, 0.25) is 0 Å². The van der Waals surface area contributed by atoms with Crippen LogP contribution in [0.2, 0.25) is 0 Å². The van der Waals surface area contributed by atoms with E-state index in [0.717, 1.165) is 11.1 Å². The maximum absolute atomic E-state index is 12.4. The summed E-state index contributed by atoms with van der Waals surface area (Å²) in [6.07, 6.45) is -0.332. The third-order valence-corrected chi connectivity index (χ3v) is 4.97. The van der Waals surface area contributed by atoms with Crippen LogP contribution in [0.15, 0.2) is 18.2 Å². The minimum Gasteiger partial charge on any atom is -0.496 e. The number of hydrogen-bond donors (Lipinski definition) is 0. The van der Waals surface area contributed by atoms with Crippen LogP contribution in [0.4, 0.5) is 10.5 Å². The lowest BCUT2D eigenvalue weighted by Crippen LogP contribution is -2.50. The fourth-order valence-corrected chi connectivity index (χ4v) is 3.52. The summed E-state index contributed by atoms with van der Waals surface area (Å²) in [5.74, 6) is 0.597. The van der Waals surface area contributed by atoms with Crippen molar-refractivity contribution in [1.82, 2.24) is 9.88 Å². The number of anilines is 1. The first kappa shape index (κ1) is 22.5. The maximum atomic E-state index is 12.4. The van der Waals surface area contributed by atoms with E-state index in [1.165, 1.54) is 7.11 Å². The standard InChI is InChI=1S/C22H29N3O6/c1-22(2,3)31-21(27)25-11-9-24(10-12-25)15-13-14(20(26)30-6)23-19-17(29-5)8-7-16(28-4)18(15)19/h7-8,13H,9-12H2,1-6H3. The van der Waals surface area contributed by atoms with Crippen molar-refractivity contribution in [1.29, 1.82) is 0 Å². The molecule has 9 nitrogen and oxygen atoms in total. The number of pyridine rings is 1. The molecule has 0 spiro atoms. The summed E-state index contributed by atoms with van der Waals surface area (Å²) < 4.78 is 21.4. The van der Waals surface area contributed by atoms with Crippen molar-refractivity contribution in [3.8, 4) is 11.5 Å². The van der Waals surface area contributed by atoms with Gasteiger partial charge in [0.25, 0.3) is 0 Å². The number of esters is 1. The molecule has 1 aromatic heterocycles. The number of aromatic nitrogens is 1. The van der Waals surface area contributed by atoms with Crippen molar-refractivity contribution in [2.45, 2.75) is 26.4 Å². The predicted octanol–water partition coefficient (Wildman–Crippen LogP) is 3.10. The molecule has 0 radical (unpaired) electrons. The average Bonchev–Trinajstić information content (AvgIpc) is 2.75. The summed E-state index contributed by atoms with van der Waals surface area (Å²) in [7, 11) is 4.45. The number of ether oxygens (including phenoxy) is 4. The number of benzene rings is 1. The monoisotopic (exact) mass is 431 g/mol. The number of carbonyl (C=O) groups excluding carboxylic acids is 2. The van der Waals surface area contributed by atoms with Gasteiger partial charge in [-0.1, -0.05) is 0 Å². The molecule has 1 aromatic carbocycles. The molecule has 9 heteroatoms. The van der Waals surface area contributed by atoms with Crippen molar-refractivity contribution in [3.05, 3.63) is 23.9 Å². The minimum absolute atomic E-state index is 0.172. The van der Waals surface area contributed by atoms with Gasteiger partial charge in [-0.05, 0) is 39.0 Å². The first-order chi connectivity index (χ1) is 14.7. The highest BCUT2D eigenvalue weighted by molar-refractivity contribution is 6.03. The zero-order valence-corrected chi connectivity index (χ0v) is 18.9. The van der Waals surface area contributed by atoms with E-state index in [9.17, 15) is 9.59 Å². The van der Waals surface area contributed by atoms with Gasteiger partial charge in [0.15, 0.2) is 5.69 Å². The molecule has 1 amide bonds. The fraction of sp³-hybridized carbons (Fsp3) is 0.500. The number of carbonyl (C=O) groups is 2. The van der Waals surface area contributed by atoms with Crippen LogP contribution in [0.3, 0.4) is 0 Å². The molecule has 0 N–H and O–H groups in total. The SMILES string of the molecule is COC(=O)c1cc(N2CCN(C(=O)OC(C)(C)C)CC2)c2c(OC)ccc(OC)c2n1. The molecule has 168 valence electrons. The highest BCUT2D eigenvalue weighted by atomic mass is 16.6. The Balaban J connectivity index is 1.99. The Labute approximate surface area is 181 Å². The fourth-order valence-electron chi connectivity index (χ4n) is 3.52.